The number of nitrogens with one attached hydrogen (secondary N) is 3. The maximum Gasteiger partial charge on any atom is 0.408 e. The number of carbonyl (C=O) groups excluding carboxylic acids is 4. The lowest BCUT2D eigenvalue weighted by Gasteiger charge is -2.37. The van der Waals surface area contributed by atoms with Crippen LogP contribution in [0.3, 0.4) is 0 Å². The molecule has 316 valence electrons. The SMILES string of the molecule is CCCCCC=CC1CC1(NC(=O)C1CC2(CCc3c(c(C(C)C)nc4ccc(OC)cc34)O2)CN1C(=O)CNC(=O)OC1(C)CCC1)C(=O)NS(=O)(=O)C1(C)CC1. The van der Waals surface area contributed by atoms with E-state index in [0.717, 1.165) is 67.1 Å². The third-order valence-electron chi connectivity index (χ3n) is 13.1. The highest BCUT2D eigenvalue weighted by Gasteiger charge is 2.63. The number of sulfonamides is 1. The summed E-state index contributed by atoms with van der Waals surface area (Å²) in [6, 6.07) is 4.65. The van der Waals surface area contributed by atoms with Gasteiger partial charge in [-0.2, -0.15) is 0 Å². The number of likely N-dealkylation sites (tertiary alicyclic amines) is 1. The van der Waals surface area contributed by atoms with Crippen molar-refractivity contribution in [3.63, 3.8) is 0 Å². The summed E-state index contributed by atoms with van der Waals surface area (Å²) in [5.41, 5.74) is -0.531. The molecular weight excluding hydrogens is 763 g/mol. The van der Waals surface area contributed by atoms with Crippen LogP contribution in [0.2, 0.25) is 0 Å². The smallest absolute Gasteiger partial charge is 0.408 e. The largest absolute Gasteiger partial charge is 0.497 e. The Balaban J connectivity index is 1.18. The molecule has 4 amide bonds. The lowest BCUT2D eigenvalue weighted by atomic mass is 9.82. The average molecular weight is 822 g/mol. The third-order valence-corrected chi connectivity index (χ3v) is 15.2. The van der Waals surface area contributed by atoms with E-state index in [9.17, 15) is 27.6 Å². The van der Waals surface area contributed by atoms with Gasteiger partial charge in [0.2, 0.25) is 21.8 Å². The van der Waals surface area contributed by atoms with Crippen molar-refractivity contribution in [3.05, 3.63) is 41.6 Å². The summed E-state index contributed by atoms with van der Waals surface area (Å²) in [7, 11) is -2.39. The molecule has 3 heterocycles. The number of hydrogen-bond acceptors (Lipinski definition) is 10. The Morgan fingerprint density at radius 1 is 1.07 bits per heavy atom. The molecule has 0 bridgehead atoms. The van der Waals surface area contributed by atoms with Crippen molar-refractivity contribution in [1.82, 2.24) is 25.2 Å². The molecular formula is C43H59N5O9S. The van der Waals surface area contributed by atoms with Gasteiger partial charge < -0.3 is 29.7 Å². The fourth-order valence-electron chi connectivity index (χ4n) is 8.64. The number of carbonyl (C=O) groups is 4. The van der Waals surface area contributed by atoms with Crippen molar-refractivity contribution in [1.29, 1.82) is 0 Å². The second-order valence-corrected chi connectivity index (χ2v) is 20.2. The highest BCUT2D eigenvalue weighted by molar-refractivity contribution is 7.91. The van der Waals surface area contributed by atoms with E-state index in [0.29, 0.717) is 37.2 Å². The topological polar surface area (TPSA) is 182 Å². The fourth-order valence-corrected chi connectivity index (χ4v) is 9.95. The number of hydrogen-bond donors (Lipinski definition) is 3. The molecule has 1 aromatic carbocycles. The van der Waals surface area contributed by atoms with Gasteiger partial charge in [0.15, 0.2) is 0 Å². The van der Waals surface area contributed by atoms with Crippen molar-refractivity contribution in [3.8, 4) is 11.5 Å². The van der Waals surface area contributed by atoms with Gasteiger partial charge in [0, 0.05) is 23.3 Å². The summed E-state index contributed by atoms with van der Waals surface area (Å²) in [6.07, 6.45) is 11.7. The number of nitrogens with zero attached hydrogens (tertiary/aromatic N) is 2. The number of amides is 4. The summed E-state index contributed by atoms with van der Waals surface area (Å²) >= 11 is 0. The predicted molar refractivity (Wildman–Crippen MR) is 218 cm³/mol. The van der Waals surface area contributed by atoms with Crippen LogP contribution in [0, 0.1) is 5.92 Å². The van der Waals surface area contributed by atoms with E-state index in [1.54, 1.807) is 14.0 Å². The van der Waals surface area contributed by atoms with Crippen LogP contribution in [-0.4, -0.2) is 89.8 Å². The maximum atomic E-state index is 14.7. The van der Waals surface area contributed by atoms with Gasteiger partial charge in [-0.05, 0) is 102 Å². The Labute approximate surface area is 341 Å². The molecule has 2 aliphatic heterocycles. The van der Waals surface area contributed by atoms with Crippen LogP contribution in [-0.2, 0) is 35.6 Å². The van der Waals surface area contributed by atoms with Gasteiger partial charge in [0.05, 0.1) is 29.6 Å². The first kappa shape index (κ1) is 41.7. The van der Waals surface area contributed by atoms with E-state index in [2.05, 4.69) is 22.3 Å². The number of fused-ring (bicyclic) bond motifs is 3. The fraction of sp³-hybridized carbons (Fsp3) is 0.651. The molecule has 3 aliphatic carbocycles. The monoisotopic (exact) mass is 821 g/mol. The van der Waals surface area contributed by atoms with Gasteiger partial charge in [-0.25, -0.2) is 18.2 Å². The minimum Gasteiger partial charge on any atom is -0.497 e. The van der Waals surface area contributed by atoms with Crippen LogP contribution < -0.4 is 24.8 Å². The van der Waals surface area contributed by atoms with Gasteiger partial charge in [0.1, 0.15) is 40.8 Å². The molecule has 5 aliphatic rings. The quantitative estimate of drug-likeness (QED) is 0.149. The number of aromatic nitrogens is 1. The highest BCUT2D eigenvalue weighted by atomic mass is 32.2. The number of ether oxygens (including phenoxy) is 3. The molecule has 15 heteroatoms. The van der Waals surface area contributed by atoms with Gasteiger partial charge in [0.25, 0.3) is 5.91 Å². The molecule has 14 nitrogen and oxygen atoms in total. The summed E-state index contributed by atoms with van der Waals surface area (Å²) in [5, 5.41) is 6.45. The molecule has 1 saturated heterocycles. The average Bonchev–Trinajstić information content (AvgIpc) is 4.07. The Morgan fingerprint density at radius 3 is 2.48 bits per heavy atom. The Bertz CT molecular complexity index is 2110. The second-order valence-electron chi connectivity index (χ2n) is 18.0. The number of benzene rings is 1. The van der Waals surface area contributed by atoms with Gasteiger partial charge in [-0.1, -0.05) is 45.8 Å². The Kier molecular flexibility index (Phi) is 11.3. The van der Waals surface area contributed by atoms with Gasteiger partial charge in [-0.15, -0.1) is 0 Å². The molecule has 4 unspecified atom stereocenters. The standard InChI is InChI=1S/C43H59N5O9S/c1-7-8-9-10-11-13-28-23-43(28,38(51)47-58(53,54)41(5)20-21-41)46-37(50)33-24-42(26-48(33)34(49)25-44-39(52)57-40(4)17-12-18-40)19-16-30-31-22-29(55-6)14-15-32(31)45-35(27(2)3)36(30)56-42/h11,13-15,22,27-28,33H,7-10,12,16-21,23-26H2,1-6H3,(H,44,52)(H,46,50)(H,47,51). The number of allylic oxidation sites excluding steroid dienone is 1. The molecule has 1 spiro atoms. The van der Waals surface area contributed by atoms with Crippen molar-refractivity contribution in [2.45, 2.75) is 152 Å². The first-order valence-corrected chi connectivity index (χ1v) is 22.5. The Hall–Kier alpha value is -4.40. The molecule has 2 aromatic rings. The summed E-state index contributed by atoms with van der Waals surface area (Å²) in [6.45, 7) is 9.27. The third kappa shape index (κ3) is 8.11. The minimum absolute atomic E-state index is 0.00394. The van der Waals surface area contributed by atoms with Crippen LogP contribution in [0.15, 0.2) is 30.4 Å². The first-order valence-electron chi connectivity index (χ1n) is 21.0. The molecule has 4 fully saturated rings. The van der Waals surface area contributed by atoms with Gasteiger partial charge >= 0.3 is 6.09 Å². The molecule has 0 radical (unpaired) electrons. The van der Waals surface area contributed by atoms with Crippen LogP contribution >= 0.6 is 0 Å². The lowest BCUT2D eigenvalue weighted by molar-refractivity contribution is -0.139. The molecule has 1 aromatic heterocycles. The summed E-state index contributed by atoms with van der Waals surface area (Å²) in [5.74, 6) is -1.03. The van der Waals surface area contributed by atoms with E-state index >= 15 is 0 Å². The zero-order valence-corrected chi connectivity index (χ0v) is 35.5. The summed E-state index contributed by atoms with van der Waals surface area (Å²) < 4.78 is 45.9. The van der Waals surface area contributed by atoms with E-state index in [-0.39, 0.29) is 25.3 Å². The van der Waals surface area contributed by atoms with E-state index in [1.807, 2.05) is 51.1 Å². The highest BCUT2D eigenvalue weighted by Crippen LogP contribution is 2.49. The maximum absolute atomic E-state index is 14.7. The number of unbranched alkanes of at least 4 members (excludes halogenated alkanes) is 3. The number of alkyl carbamates (subject to hydrolysis) is 1. The number of rotatable bonds is 15. The molecule has 4 atom stereocenters. The molecule has 3 N–H and O–H groups in total. The molecule has 58 heavy (non-hydrogen) atoms. The van der Waals surface area contributed by atoms with Crippen molar-refractivity contribution in [2.24, 2.45) is 5.92 Å². The second kappa shape index (κ2) is 15.6. The normalized spacial score (nSPS) is 26.4. The van der Waals surface area contributed by atoms with Crippen molar-refractivity contribution >= 4 is 44.7 Å². The number of methoxy groups -OCH3 is 1. The number of aryl methyl sites for hydroxylation is 1. The van der Waals surface area contributed by atoms with Crippen molar-refractivity contribution < 1.29 is 41.8 Å². The van der Waals surface area contributed by atoms with E-state index in [4.69, 9.17) is 19.2 Å². The zero-order valence-electron chi connectivity index (χ0n) is 34.7. The zero-order chi connectivity index (χ0) is 41.7. The van der Waals surface area contributed by atoms with Gasteiger partial charge in [-0.3, -0.25) is 19.1 Å². The van der Waals surface area contributed by atoms with E-state index in [1.165, 1.54) is 4.90 Å². The van der Waals surface area contributed by atoms with Crippen molar-refractivity contribution in [2.75, 3.05) is 20.2 Å². The molecule has 7 rings (SSSR count). The first-order chi connectivity index (χ1) is 27.5. The van der Waals surface area contributed by atoms with Crippen LogP contribution in [0.1, 0.15) is 129 Å². The molecule has 3 saturated carbocycles. The summed E-state index contributed by atoms with van der Waals surface area (Å²) in [4.78, 5) is 62.0. The lowest BCUT2D eigenvalue weighted by Crippen LogP contribution is -2.57. The Morgan fingerprint density at radius 2 is 1.83 bits per heavy atom. The van der Waals surface area contributed by atoms with E-state index < -0.39 is 73.8 Å². The predicted octanol–water partition coefficient (Wildman–Crippen LogP) is 5.71. The van der Waals surface area contributed by atoms with Crippen LogP contribution in [0.5, 0.6) is 11.5 Å². The minimum atomic E-state index is -4.00. The number of pyridine rings is 1. The van der Waals surface area contributed by atoms with Crippen LogP contribution in [0.4, 0.5) is 4.79 Å². The van der Waals surface area contributed by atoms with Crippen LogP contribution in [0.25, 0.3) is 10.9 Å².